The molecule has 0 saturated heterocycles. The summed E-state index contributed by atoms with van der Waals surface area (Å²) in [5.74, 6) is -1.05. The number of aliphatic hydroxyl groups excluding tert-OH is 1. The third-order valence-electron chi connectivity index (χ3n) is 4.96. The summed E-state index contributed by atoms with van der Waals surface area (Å²) in [5.41, 5.74) is 0.338. The maximum Gasteiger partial charge on any atom is 0.338 e. The molecule has 0 aliphatic heterocycles. The van der Waals surface area contributed by atoms with Gasteiger partial charge >= 0.3 is 5.97 Å². The number of unbranched alkanes of at least 4 members (excludes halogenated alkanes) is 5. The van der Waals surface area contributed by atoms with Crippen LogP contribution >= 0.6 is 12.2 Å². The zero-order valence-electron chi connectivity index (χ0n) is 18.1. The van der Waals surface area contributed by atoms with Crippen molar-refractivity contribution in [3.05, 3.63) is 29.8 Å². The number of hydrogen-bond donors (Lipinski definition) is 2. The summed E-state index contributed by atoms with van der Waals surface area (Å²) < 4.78 is 4.96. The second-order valence-corrected chi connectivity index (χ2v) is 8.40. The number of nitrogens with one attached hydrogen (secondary N) is 1. The molecule has 1 aromatic rings. The normalized spacial score (nSPS) is 12.3. The predicted octanol–water partition coefficient (Wildman–Crippen LogP) is 5.31. The van der Waals surface area contributed by atoms with Crippen molar-refractivity contribution in [2.45, 2.75) is 78.7 Å². The highest BCUT2D eigenvalue weighted by Crippen LogP contribution is 2.28. The quantitative estimate of drug-likeness (QED) is 0.256. The highest BCUT2D eigenvalue weighted by Gasteiger charge is 2.32. The molecule has 0 heterocycles. The first kappa shape index (κ1) is 25.2. The Morgan fingerprint density at radius 2 is 1.79 bits per heavy atom. The standard InChI is InChI=1S/C23H35NO4S/c1-5-7-8-9-10-11-15-23(3,4)20(29)19(25)21(26)24-18-14-12-13-17(16-18)22(27)28-6-2/h12-14,16,19,25H,5-11,15H2,1-4H3,(H,24,26). The fourth-order valence-electron chi connectivity index (χ4n) is 3.11. The van der Waals surface area contributed by atoms with E-state index in [-0.39, 0.29) is 6.61 Å². The Hall–Kier alpha value is -1.79. The number of rotatable bonds is 13. The van der Waals surface area contributed by atoms with Crippen LogP contribution in [0.2, 0.25) is 0 Å². The lowest BCUT2D eigenvalue weighted by Crippen LogP contribution is -2.41. The number of hydrogen-bond acceptors (Lipinski definition) is 5. The summed E-state index contributed by atoms with van der Waals surface area (Å²) in [6.07, 6.45) is 6.54. The number of anilines is 1. The van der Waals surface area contributed by atoms with Crippen LogP contribution in [0.4, 0.5) is 5.69 Å². The number of carbonyl (C=O) groups excluding carboxylic acids is 2. The summed E-state index contributed by atoms with van der Waals surface area (Å²) >= 11 is 5.44. The molecule has 29 heavy (non-hydrogen) atoms. The SMILES string of the molecule is CCCCCCCCC(C)(C)C(=S)C(O)C(=O)Nc1cccc(C(=O)OCC)c1. The van der Waals surface area contributed by atoms with Crippen molar-refractivity contribution in [2.24, 2.45) is 5.41 Å². The highest BCUT2D eigenvalue weighted by molar-refractivity contribution is 7.80. The van der Waals surface area contributed by atoms with Gasteiger partial charge in [0.1, 0.15) is 0 Å². The summed E-state index contributed by atoms with van der Waals surface area (Å²) in [4.78, 5) is 24.7. The molecule has 2 N–H and O–H groups in total. The van der Waals surface area contributed by atoms with E-state index >= 15 is 0 Å². The fraction of sp³-hybridized carbons (Fsp3) is 0.609. The average Bonchev–Trinajstić information content (AvgIpc) is 2.69. The number of benzene rings is 1. The van der Waals surface area contributed by atoms with Crippen molar-refractivity contribution in [1.29, 1.82) is 0 Å². The maximum absolute atomic E-state index is 12.5. The monoisotopic (exact) mass is 421 g/mol. The summed E-state index contributed by atoms with van der Waals surface area (Å²) in [7, 11) is 0. The molecule has 1 rings (SSSR count). The van der Waals surface area contributed by atoms with Crippen LogP contribution in [-0.2, 0) is 9.53 Å². The minimum absolute atomic E-state index is 0.274. The molecule has 0 aliphatic rings. The Kier molecular flexibility index (Phi) is 11.1. The first-order valence-electron chi connectivity index (χ1n) is 10.5. The number of amides is 1. The van der Waals surface area contributed by atoms with Gasteiger partial charge in [-0.15, -0.1) is 0 Å². The number of esters is 1. The molecule has 0 bridgehead atoms. The minimum atomic E-state index is -1.38. The van der Waals surface area contributed by atoms with E-state index in [0.29, 0.717) is 16.1 Å². The molecule has 1 amide bonds. The Balaban J connectivity index is 2.62. The van der Waals surface area contributed by atoms with Crippen molar-refractivity contribution in [2.75, 3.05) is 11.9 Å². The molecule has 0 aromatic heterocycles. The first-order chi connectivity index (χ1) is 13.7. The third kappa shape index (κ3) is 8.62. The van der Waals surface area contributed by atoms with Crippen LogP contribution in [0.3, 0.4) is 0 Å². The third-order valence-corrected chi connectivity index (χ3v) is 5.74. The molecule has 0 fully saturated rings. The number of carbonyl (C=O) groups is 2. The van der Waals surface area contributed by atoms with Crippen LogP contribution in [0.5, 0.6) is 0 Å². The number of ether oxygens (including phenoxy) is 1. The van der Waals surface area contributed by atoms with Crippen molar-refractivity contribution < 1.29 is 19.4 Å². The highest BCUT2D eigenvalue weighted by atomic mass is 32.1. The van der Waals surface area contributed by atoms with Crippen LogP contribution in [0.25, 0.3) is 0 Å². The maximum atomic E-state index is 12.5. The second-order valence-electron chi connectivity index (χ2n) is 7.96. The summed E-state index contributed by atoms with van der Waals surface area (Å²) in [5, 5.41) is 13.1. The summed E-state index contributed by atoms with van der Waals surface area (Å²) in [6.45, 7) is 8.14. The molecule has 1 aromatic carbocycles. The summed E-state index contributed by atoms with van der Waals surface area (Å²) in [6, 6.07) is 6.43. The lowest BCUT2D eigenvalue weighted by molar-refractivity contribution is -0.121. The van der Waals surface area contributed by atoms with Crippen LogP contribution in [0.1, 0.15) is 83.0 Å². The minimum Gasteiger partial charge on any atom is -0.462 e. The smallest absolute Gasteiger partial charge is 0.338 e. The van der Waals surface area contributed by atoms with Gasteiger partial charge < -0.3 is 15.2 Å². The molecular formula is C23H35NO4S. The molecule has 6 heteroatoms. The van der Waals surface area contributed by atoms with Crippen LogP contribution in [0, 0.1) is 5.41 Å². The van der Waals surface area contributed by atoms with Crippen LogP contribution in [-0.4, -0.2) is 34.6 Å². The average molecular weight is 422 g/mol. The second kappa shape index (κ2) is 12.7. The zero-order chi connectivity index (χ0) is 21.9. The van der Waals surface area contributed by atoms with Crippen molar-refractivity contribution in [1.82, 2.24) is 0 Å². The van der Waals surface area contributed by atoms with Crippen LogP contribution < -0.4 is 5.32 Å². The van der Waals surface area contributed by atoms with E-state index < -0.39 is 23.4 Å². The van der Waals surface area contributed by atoms with Gasteiger partial charge in [0.15, 0.2) is 6.10 Å². The van der Waals surface area contributed by atoms with Crippen molar-refractivity contribution in [3.8, 4) is 0 Å². The number of aliphatic hydroxyl groups is 1. The van der Waals surface area contributed by atoms with Gasteiger partial charge in [0.05, 0.1) is 12.2 Å². The lowest BCUT2D eigenvalue weighted by atomic mass is 9.81. The van der Waals surface area contributed by atoms with E-state index in [9.17, 15) is 14.7 Å². The van der Waals surface area contributed by atoms with Gasteiger partial charge in [0, 0.05) is 10.6 Å². The van der Waals surface area contributed by atoms with Crippen LogP contribution in [0.15, 0.2) is 24.3 Å². The van der Waals surface area contributed by atoms with E-state index in [1.807, 2.05) is 13.8 Å². The predicted molar refractivity (Wildman–Crippen MR) is 121 cm³/mol. The first-order valence-corrected chi connectivity index (χ1v) is 10.9. The molecule has 0 saturated carbocycles. The van der Waals surface area contributed by atoms with Gasteiger partial charge in [0.2, 0.25) is 0 Å². The Morgan fingerprint density at radius 1 is 1.14 bits per heavy atom. The molecular weight excluding hydrogens is 386 g/mol. The molecule has 1 unspecified atom stereocenters. The van der Waals surface area contributed by atoms with Gasteiger partial charge in [-0.2, -0.15) is 0 Å². The van der Waals surface area contributed by atoms with Gasteiger partial charge in [-0.3, -0.25) is 4.79 Å². The largest absolute Gasteiger partial charge is 0.462 e. The Labute approximate surface area is 180 Å². The fourth-order valence-corrected chi connectivity index (χ4v) is 3.32. The molecule has 0 radical (unpaired) electrons. The zero-order valence-corrected chi connectivity index (χ0v) is 18.9. The van der Waals surface area contributed by atoms with E-state index in [4.69, 9.17) is 17.0 Å². The molecule has 0 spiro atoms. The van der Waals surface area contributed by atoms with E-state index in [1.54, 1.807) is 25.1 Å². The molecule has 0 aliphatic carbocycles. The topological polar surface area (TPSA) is 75.6 Å². The van der Waals surface area contributed by atoms with Gasteiger partial charge in [-0.05, 0) is 37.0 Å². The van der Waals surface area contributed by atoms with Gasteiger partial charge in [0.25, 0.3) is 5.91 Å². The van der Waals surface area contributed by atoms with Gasteiger partial charge in [-0.1, -0.05) is 77.6 Å². The van der Waals surface area contributed by atoms with Gasteiger partial charge in [-0.25, -0.2) is 4.79 Å². The van der Waals surface area contributed by atoms with E-state index in [0.717, 1.165) is 19.3 Å². The van der Waals surface area contributed by atoms with Crippen molar-refractivity contribution in [3.63, 3.8) is 0 Å². The Bertz CT molecular complexity index is 687. The molecule has 162 valence electrons. The van der Waals surface area contributed by atoms with E-state index in [2.05, 4.69) is 12.2 Å². The molecule has 5 nitrogen and oxygen atoms in total. The molecule has 1 atom stereocenters. The Morgan fingerprint density at radius 3 is 2.45 bits per heavy atom. The van der Waals surface area contributed by atoms with Crippen molar-refractivity contribution >= 4 is 34.6 Å². The lowest BCUT2D eigenvalue weighted by Gasteiger charge is -2.28. The van der Waals surface area contributed by atoms with E-state index in [1.165, 1.54) is 31.7 Å². The number of thiocarbonyl (C=S) groups is 1.